The predicted molar refractivity (Wildman–Crippen MR) is 88.5 cm³/mol. The summed E-state index contributed by atoms with van der Waals surface area (Å²) in [6.07, 6.45) is 0. The highest BCUT2D eigenvalue weighted by atomic mass is 16.3. The summed E-state index contributed by atoms with van der Waals surface area (Å²) in [6.45, 7) is 0. The highest BCUT2D eigenvalue weighted by molar-refractivity contribution is 6.28. The van der Waals surface area contributed by atoms with Gasteiger partial charge in [-0.2, -0.15) is 0 Å². The lowest BCUT2D eigenvalue weighted by atomic mass is 9.83. The molecule has 2 N–H and O–H groups in total. The largest absolute Gasteiger partial charge is 0.508 e. The quantitative estimate of drug-likeness (QED) is 0.527. The first-order valence-corrected chi connectivity index (χ1v) is 7.41. The molecule has 24 heavy (non-hydrogen) atoms. The summed E-state index contributed by atoms with van der Waals surface area (Å²) in [4.78, 5) is 25.3. The lowest BCUT2D eigenvalue weighted by Crippen LogP contribution is -2.20. The molecule has 0 amide bonds. The third-order valence-electron chi connectivity index (χ3n) is 4.22. The molecule has 0 unspecified atom stereocenters. The van der Waals surface area contributed by atoms with Crippen molar-refractivity contribution in [1.82, 2.24) is 0 Å². The fourth-order valence-corrected chi connectivity index (χ4v) is 3.02. The molecule has 0 bridgehead atoms. The van der Waals surface area contributed by atoms with Crippen LogP contribution in [-0.2, 0) is 0 Å². The van der Waals surface area contributed by atoms with Crippen molar-refractivity contribution in [3.8, 4) is 22.6 Å². The molecular formula is C20H12O4. The van der Waals surface area contributed by atoms with Crippen LogP contribution in [0.25, 0.3) is 11.1 Å². The van der Waals surface area contributed by atoms with Gasteiger partial charge in [-0.1, -0.05) is 30.3 Å². The smallest absolute Gasteiger partial charge is 0.194 e. The molecule has 1 aliphatic rings. The van der Waals surface area contributed by atoms with Gasteiger partial charge in [-0.15, -0.1) is 0 Å². The SMILES string of the molecule is O=C1c2ccccc2C(=O)c2cc(-c3cc(O)ccc3O)ccc21. The number of benzene rings is 3. The van der Waals surface area contributed by atoms with Gasteiger partial charge in [-0.25, -0.2) is 0 Å². The number of rotatable bonds is 1. The molecule has 0 heterocycles. The van der Waals surface area contributed by atoms with E-state index in [0.29, 0.717) is 33.4 Å². The van der Waals surface area contributed by atoms with Crippen LogP contribution in [0.3, 0.4) is 0 Å². The van der Waals surface area contributed by atoms with Crippen molar-refractivity contribution in [2.24, 2.45) is 0 Å². The minimum atomic E-state index is -0.221. The number of phenols is 2. The fourth-order valence-electron chi connectivity index (χ4n) is 3.02. The number of phenolic OH excluding ortho intramolecular Hbond substituents is 2. The Bertz CT molecular complexity index is 1020. The van der Waals surface area contributed by atoms with E-state index in [9.17, 15) is 19.8 Å². The number of aromatic hydroxyl groups is 2. The van der Waals surface area contributed by atoms with Crippen molar-refractivity contribution >= 4 is 11.6 Å². The maximum atomic E-state index is 12.7. The third kappa shape index (κ3) is 2.01. The Labute approximate surface area is 137 Å². The van der Waals surface area contributed by atoms with Gasteiger partial charge in [0.15, 0.2) is 11.6 Å². The number of hydrogen-bond donors (Lipinski definition) is 2. The number of carbonyl (C=O) groups is 2. The lowest BCUT2D eigenvalue weighted by Gasteiger charge is -2.18. The topological polar surface area (TPSA) is 74.6 Å². The van der Waals surface area contributed by atoms with E-state index in [0.717, 1.165) is 0 Å². The average molecular weight is 316 g/mol. The Hall–Kier alpha value is -3.40. The molecular weight excluding hydrogens is 304 g/mol. The Morgan fingerprint density at radius 1 is 0.583 bits per heavy atom. The molecule has 3 aromatic carbocycles. The van der Waals surface area contributed by atoms with E-state index in [2.05, 4.69) is 0 Å². The summed E-state index contributed by atoms with van der Waals surface area (Å²) in [5, 5.41) is 19.6. The first kappa shape index (κ1) is 14.2. The van der Waals surface area contributed by atoms with E-state index in [1.165, 1.54) is 18.2 Å². The molecule has 0 fully saturated rings. The van der Waals surface area contributed by atoms with Gasteiger partial charge >= 0.3 is 0 Å². The summed E-state index contributed by atoms with van der Waals surface area (Å²) in [6, 6.07) is 15.7. The number of ketones is 2. The van der Waals surface area contributed by atoms with Crippen LogP contribution in [0.5, 0.6) is 11.5 Å². The maximum Gasteiger partial charge on any atom is 0.194 e. The molecule has 0 saturated heterocycles. The molecule has 1 aliphatic carbocycles. The van der Waals surface area contributed by atoms with Gasteiger partial charge in [-0.3, -0.25) is 9.59 Å². The van der Waals surface area contributed by atoms with Gasteiger partial charge in [-0.05, 0) is 35.9 Å². The van der Waals surface area contributed by atoms with E-state index < -0.39 is 0 Å². The second kappa shape index (κ2) is 5.06. The molecule has 0 saturated carbocycles. The van der Waals surface area contributed by atoms with Gasteiger partial charge in [0.05, 0.1) is 0 Å². The van der Waals surface area contributed by atoms with Crippen LogP contribution in [0.4, 0.5) is 0 Å². The predicted octanol–water partition coefficient (Wildman–Crippen LogP) is 3.54. The third-order valence-corrected chi connectivity index (χ3v) is 4.22. The molecule has 4 rings (SSSR count). The minimum absolute atomic E-state index is 0.00766. The molecule has 0 radical (unpaired) electrons. The van der Waals surface area contributed by atoms with Crippen molar-refractivity contribution in [2.75, 3.05) is 0 Å². The summed E-state index contributed by atoms with van der Waals surface area (Å²) in [7, 11) is 0. The molecule has 116 valence electrons. The first-order chi connectivity index (χ1) is 11.6. The van der Waals surface area contributed by atoms with Crippen LogP contribution < -0.4 is 0 Å². The zero-order valence-corrected chi connectivity index (χ0v) is 12.5. The number of carbonyl (C=O) groups excluding carboxylic acids is 2. The molecule has 4 heteroatoms. The van der Waals surface area contributed by atoms with Gasteiger partial charge in [0.1, 0.15) is 11.5 Å². The van der Waals surface area contributed by atoms with E-state index >= 15 is 0 Å². The van der Waals surface area contributed by atoms with Crippen molar-refractivity contribution in [3.05, 3.63) is 82.9 Å². The highest BCUT2D eigenvalue weighted by Gasteiger charge is 2.29. The van der Waals surface area contributed by atoms with E-state index in [4.69, 9.17) is 0 Å². The van der Waals surface area contributed by atoms with Crippen molar-refractivity contribution in [3.63, 3.8) is 0 Å². The van der Waals surface area contributed by atoms with Crippen LogP contribution in [0, 0.1) is 0 Å². The maximum absolute atomic E-state index is 12.7. The summed E-state index contributed by atoms with van der Waals surface area (Å²) in [5.74, 6) is -0.412. The minimum Gasteiger partial charge on any atom is -0.508 e. The van der Waals surface area contributed by atoms with Crippen LogP contribution in [0.2, 0.25) is 0 Å². The van der Waals surface area contributed by atoms with Gasteiger partial charge < -0.3 is 10.2 Å². The van der Waals surface area contributed by atoms with Crippen LogP contribution in [0.15, 0.2) is 60.7 Å². The standard InChI is InChI=1S/C20H12O4/c21-12-6-8-18(22)16(10-12)11-5-7-15-17(9-11)20(24)14-4-2-1-3-13(14)19(15)23/h1-10,21-22H. The Morgan fingerprint density at radius 2 is 1.21 bits per heavy atom. The Kier molecular flexibility index (Phi) is 3.00. The van der Waals surface area contributed by atoms with E-state index in [-0.39, 0.29) is 23.1 Å². The zero-order valence-electron chi connectivity index (χ0n) is 12.5. The molecule has 0 atom stereocenters. The molecule has 4 nitrogen and oxygen atoms in total. The fraction of sp³-hybridized carbons (Fsp3) is 0. The molecule has 0 aliphatic heterocycles. The molecule has 3 aromatic rings. The zero-order chi connectivity index (χ0) is 16.8. The Morgan fingerprint density at radius 3 is 1.92 bits per heavy atom. The van der Waals surface area contributed by atoms with Gasteiger partial charge in [0.2, 0.25) is 0 Å². The van der Waals surface area contributed by atoms with Crippen molar-refractivity contribution in [2.45, 2.75) is 0 Å². The first-order valence-electron chi connectivity index (χ1n) is 7.41. The van der Waals surface area contributed by atoms with Crippen LogP contribution in [0.1, 0.15) is 31.8 Å². The Balaban J connectivity index is 1.92. The molecule has 0 aromatic heterocycles. The summed E-state index contributed by atoms with van der Waals surface area (Å²) < 4.78 is 0. The van der Waals surface area contributed by atoms with Crippen molar-refractivity contribution < 1.29 is 19.8 Å². The normalized spacial score (nSPS) is 12.7. The highest BCUT2D eigenvalue weighted by Crippen LogP contribution is 2.35. The number of hydrogen-bond acceptors (Lipinski definition) is 4. The molecule has 0 spiro atoms. The van der Waals surface area contributed by atoms with Gasteiger partial charge in [0.25, 0.3) is 0 Å². The summed E-state index contributed by atoms with van der Waals surface area (Å²) in [5.41, 5.74) is 2.40. The summed E-state index contributed by atoms with van der Waals surface area (Å²) >= 11 is 0. The van der Waals surface area contributed by atoms with Crippen LogP contribution >= 0.6 is 0 Å². The van der Waals surface area contributed by atoms with Crippen molar-refractivity contribution in [1.29, 1.82) is 0 Å². The van der Waals surface area contributed by atoms with Gasteiger partial charge in [0, 0.05) is 27.8 Å². The van der Waals surface area contributed by atoms with E-state index in [1.54, 1.807) is 42.5 Å². The number of fused-ring (bicyclic) bond motifs is 2. The second-order valence-electron chi connectivity index (χ2n) is 5.67. The van der Waals surface area contributed by atoms with E-state index in [1.807, 2.05) is 0 Å². The lowest BCUT2D eigenvalue weighted by molar-refractivity contribution is 0.0979. The van der Waals surface area contributed by atoms with Crippen LogP contribution in [-0.4, -0.2) is 21.8 Å². The monoisotopic (exact) mass is 316 g/mol. The second-order valence-corrected chi connectivity index (χ2v) is 5.67. The average Bonchev–Trinajstić information content (AvgIpc) is 2.61.